The largest absolute Gasteiger partial charge is 0.394 e. The summed E-state index contributed by atoms with van der Waals surface area (Å²) in [6.07, 6.45) is -4.27. The topological polar surface area (TPSA) is 131 Å². The molecule has 1 unspecified atom stereocenters. The lowest BCUT2D eigenvalue weighted by atomic mass is 9.91. The van der Waals surface area contributed by atoms with Crippen LogP contribution in [0.4, 0.5) is 4.39 Å². The number of rotatable bonds is 2. The molecule has 2 rings (SSSR count). The summed E-state index contributed by atoms with van der Waals surface area (Å²) in [6.45, 7) is -4.10. The first-order chi connectivity index (χ1) is 10.6. The molecule has 4 atom stereocenters. The molecule has 0 bridgehead atoms. The van der Waals surface area contributed by atoms with E-state index < -0.39 is 48.5 Å². The number of hydrogen-bond donors (Lipinski definition) is 4. The van der Waals surface area contributed by atoms with Gasteiger partial charge in [-0.3, -0.25) is 14.3 Å². The number of aromatic nitrogens is 2. The predicted molar refractivity (Wildman–Crippen MR) is 69.0 cm³/mol. The van der Waals surface area contributed by atoms with Gasteiger partial charge in [0.25, 0.3) is 5.56 Å². The number of H-pyrrole nitrogens is 1. The van der Waals surface area contributed by atoms with Crippen LogP contribution in [-0.4, -0.2) is 50.7 Å². The van der Waals surface area contributed by atoms with Crippen LogP contribution in [0.3, 0.4) is 0 Å². The first-order valence-electron chi connectivity index (χ1n) is 6.83. The number of nitrogens with one attached hydrogen (secondary N) is 1. The van der Waals surface area contributed by atoms with Crippen molar-refractivity contribution in [2.45, 2.75) is 24.0 Å². The van der Waals surface area contributed by atoms with Crippen LogP contribution >= 0.6 is 0 Å². The Morgan fingerprint density at radius 2 is 2.38 bits per heavy atom. The van der Waals surface area contributed by atoms with Crippen molar-refractivity contribution in [2.24, 2.45) is 5.73 Å². The minimum atomic E-state index is -3.00. The molecule has 1 saturated heterocycles. The normalized spacial score (nSPS) is 33.8. The summed E-state index contributed by atoms with van der Waals surface area (Å²) in [4.78, 5) is 24.9. The highest BCUT2D eigenvalue weighted by Gasteiger charge is 2.54. The Kier molecular flexibility index (Phi) is 3.51. The van der Waals surface area contributed by atoms with Crippen LogP contribution in [0.2, 0.25) is 0 Å². The van der Waals surface area contributed by atoms with Gasteiger partial charge in [-0.1, -0.05) is 11.8 Å². The number of aliphatic hydroxyl groups is 2. The molecule has 0 amide bonds. The van der Waals surface area contributed by atoms with Gasteiger partial charge in [0, 0.05) is 12.3 Å². The zero-order valence-corrected chi connectivity index (χ0v) is 10.6. The first-order valence-corrected chi connectivity index (χ1v) is 5.83. The van der Waals surface area contributed by atoms with E-state index in [1.165, 1.54) is 0 Å². The van der Waals surface area contributed by atoms with E-state index in [4.69, 9.17) is 13.2 Å². The van der Waals surface area contributed by atoms with E-state index in [2.05, 4.69) is 5.92 Å². The number of halogens is 1. The number of aliphatic hydroxyl groups excluding tert-OH is 1. The zero-order valence-electron chi connectivity index (χ0n) is 12.6. The van der Waals surface area contributed by atoms with E-state index in [0.29, 0.717) is 0 Å². The number of nitrogens with zero attached hydrogens (tertiary/aromatic N) is 1. The summed E-state index contributed by atoms with van der Waals surface area (Å²) in [5, 5.41) is 19.6. The molecule has 0 aromatic carbocycles. The highest BCUT2D eigenvalue weighted by molar-refractivity contribution is 5.25. The molecule has 1 aliphatic heterocycles. The van der Waals surface area contributed by atoms with Crippen molar-refractivity contribution in [3.05, 3.63) is 33.1 Å². The van der Waals surface area contributed by atoms with Crippen LogP contribution in [0.1, 0.15) is 8.97 Å². The highest BCUT2D eigenvalue weighted by Crippen LogP contribution is 2.35. The van der Waals surface area contributed by atoms with Gasteiger partial charge >= 0.3 is 5.69 Å². The Hall–Kier alpha value is -1.99. The van der Waals surface area contributed by atoms with E-state index >= 15 is 0 Å². The van der Waals surface area contributed by atoms with Crippen LogP contribution in [0.25, 0.3) is 0 Å². The van der Waals surface area contributed by atoms with E-state index in [0.717, 1.165) is 16.8 Å². The molecule has 0 spiro atoms. The number of ether oxygens (including phenoxy) is 1. The number of aromatic amines is 1. The van der Waals surface area contributed by atoms with Crippen LogP contribution in [0, 0.1) is 11.8 Å². The Morgan fingerprint density at radius 1 is 1.67 bits per heavy atom. The molecular weight excluding hydrogens is 285 g/mol. The minimum absolute atomic E-state index is 0.698. The van der Waals surface area contributed by atoms with Crippen LogP contribution < -0.4 is 17.0 Å². The summed E-state index contributed by atoms with van der Waals surface area (Å²) in [5.41, 5.74) is 2.17. The second-order valence-electron chi connectivity index (χ2n) is 4.37. The van der Waals surface area contributed by atoms with Gasteiger partial charge in [0.15, 0.2) is 11.8 Å². The molecule has 114 valence electrons. The molecule has 0 radical (unpaired) electrons. The van der Waals surface area contributed by atoms with Crippen molar-refractivity contribution in [1.29, 1.82) is 0 Å². The van der Waals surface area contributed by atoms with Crippen molar-refractivity contribution in [3.8, 4) is 11.8 Å². The van der Waals surface area contributed by atoms with Gasteiger partial charge in [0.05, 0.1) is 9.30 Å². The average molecular weight is 301 g/mol. The number of alkyl halides is 1. The van der Waals surface area contributed by atoms with Gasteiger partial charge in [-0.25, -0.2) is 9.18 Å². The number of hydrogen-bond acceptors (Lipinski definition) is 6. The lowest BCUT2D eigenvalue weighted by Crippen LogP contribution is -2.55. The molecule has 0 saturated carbocycles. The third-order valence-corrected chi connectivity index (χ3v) is 3.06. The van der Waals surface area contributed by atoms with Gasteiger partial charge in [-0.2, -0.15) is 0 Å². The second kappa shape index (κ2) is 5.79. The Morgan fingerprint density at radius 3 is 2.95 bits per heavy atom. The maximum absolute atomic E-state index is 12.3. The summed E-state index contributed by atoms with van der Waals surface area (Å²) >= 11 is 0. The lowest BCUT2D eigenvalue weighted by Gasteiger charge is -2.27. The highest BCUT2D eigenvalue weighted by atomic mass is 19.1. The van der Waals surface area contributed by atoms with Crippen molar-refractivity contribution in [1.82, 2.24) is 9.55 Å². The quantitative estimate of drug-likeness (QED) is 0.445. The van der Waals surface area contributed by atoms with E-state index in [-0.39, 0.29) is 0 Å². The minimum Gasteiger partial charge on any atom is -0.394 e. The molecule has 5 N–H and O–H groups in total. The molecule has 1 aromatic heterocycles. The van der Waals surface area contributed by atoms with Gasteiger partial charge in [0.2, 0.25) is 0 Å². The molecule has 1 aromatic rings. The van der Waals surface area contributed by atoms with Gasteiger partial charge in [-0.15, -0.1) is 0 Å². The lowest BCUT2D eigenvalue weighted by molar-refractivity contribution is -0.0477. The Bertz CT molecular complexity index is 765. The molecule has 21 heavy (non-hydrogen) atoms. The maximum atomic E-state index is 12.3. The van der Waals surface area contributed by atoms with Crippen LogP contribution in [0.15, 0.2) is 21.9 Å². The van der Waals surface area contributed by atoms with Gasteiger partial charge < -0.3 is 20.7 Å². The maximum Gasteiger partial charge on any atom is 0.330 e. The number of nitrogens with two attached hydrogens (primary N) is 1. The molecular formula is C12H14FN3O5. The SMILES string of the molecule is [2H]C([2H])(O)[C@H]1O[C@@H](n2ccc(=O)[nH]c2=O)[C@@](N)(C#CCF)C1O. The summed E-state index contributed by atoms with van der Waals surface area (Å²) in [5.74, 6) is 4.19. The predicted octanol–water partition coefficient (Wildman–Crippen LogP) is -2.54. The fourth-order valence-electron chi connectivity index (χ4n) is 2.05. The monoisotopic (exact) mass is 301 g/mol. The molecule has 8 nitrogen and oxygen atoms in total. The Labute approximate surface area is 120 Å². The third kappa shape index (κ3) is 2.62. The fourth-order valence-corrected chi connectivity index (χ4v) is 2.05. The Balaban J connectivity index is 2.59. The molecule has 1 aliphatic rings. The van der Waals surface area contributed by atoms with Crippen molar-refractivity contribution in [3.63, 3.8) is 0 Å². The van der Waals surface area contributed by atoms with E-state index in [1.807, 2.05) is 10.9 Å². The molecule has 2 heterocycles. The van der Waals surface area contributed by atoms with E-state index in [9.17, 15) is 24.2 Å². The smallest absolute Gasteiger partial charge is 0.330 e. The molecule has 9 heteroatoms. The van der Waals surface area contributed by atoms with E-state index in [1.54, 1.807) is 0 Å². The van der Waals surface area contributed by atoms with Crippen molar-refractivity contribution >= 4 is 0 Å². The van der Waals surface area contributed by atoms with Crippen molar-refractivity contribution in [2.75, 3.05) is 13.2 Å². The average Bonchev–Trinajstić information content (AvgIpc) is 2.70. The molecule has 1 fully saturated rings. The van der Waals surface area contributed by atoms with Gasteiger partial charge in [-0.05, 0) is 0 Å². The second-order valence-corrected chi connectivity index (χ2v) is 4.37. The standard InChI is InChI=1S/C12H14FN3O5/c13-4-1-3-12(14)9(19)7(6-17)21-10(12)16-5-2-8(18)15-11(16)20/h2,5,7,9-10,17,19H,4,6,14H2,(H,15,18,20)/t7-,9?,10-,12-/m1/s1/i6D2. The van der Waals surface area contributed by atoms with Crippen LogP contribution in [0.5, 0.6) is 0 Å². The van der Waals surface area contributed by atoms with Crippen LogP contribution in [-0.2, 0) is 4.74 Å². The summed E-state index contributed by atoms with van der Waals surface area (Å²) in [7, 11) is 0. The summed E-state index contributed by atoms with van der Waals surface area (Å²) in [6, 6.07) is 0.973. The van der Waals surface area contributed by atoms with Crippen molar-refractivity contribution < 1.29 is 22.1 Å². The molecule has 0 aliphatic carbocycles. The zero-order chi connectivity index (χ0) is 17.4. The third-order valence-electron chi connectivity index (χ3n) is 3.06. The summed E-state index contributed by atoms with van der Waals surface area (Å²) < 4.78 is 32.8. The fraction of sp³-hybridized carbons (Fsp3) is 0.500. The van der Waals surface area contributed by atoms with Gasteiger partial charge in [0.1, 0.15) is 18.9 Å². The first kappa shape index (κ1) is 12.7.